The monoisotopic (exact) mass is 471 g/mol. The lowest BCUT2D eigenvalue weighted by molar-refractivity contribution is -0.00947. The van der Waals surface area contributed by atoms with Crippen molar-refractivity contribution in [2.45, 2.75) is 0 Å². The lowest BCUT2D eigenvalue weighted by atomic mass is 9.85. The van der Waals surface area contributed by atoms with Crippen LogP contribution in [-0.4, -0.2) is 66.7 Å². The minimum atomic E-state index is -0.243. The van der Waals surface area contributed by atoms with Gasteiger partial charge in [0.1, 0.15) is 18.6 Å². The Hall–Kier alpha value is -3.76. The summed E-state index contributed by atoms with van der Waals surface area (Å²) in [6, 6.07) is 6.75. The van der Waals surface area contributed by atoms with Crippen molar-refractivity contribution in [2.75, 3.05) is 55.2 Å². The molecule has 180 valence electrons. The quantitative estimate of drug-likeness (QED) is 0.294. The third kappa shape index (κ3) is 4.50. The Balaban J connectivity index is 1.74. The number of hydrogen-bond acceptors (Lipinski definition) is 10. The van der Waals surface area contributed by atoms with Crippen LogP contribution in [0.25, 0.3) is 5.57 Å². The first-order valence-corrected chi connectivity index (χ1v) is 10.4. The first kappa shape index (κ1) is 23.4. The highest BCUT2D eigenvalue weighted by Gasteiger charge is 2.31. The third-order valence-electron chi connectivity index (χ3n) is 5.25. The van der Waals surface area contributed by atoms with Gasteiger partial charge in [-0.3, -0.25) is 4.79 Å². The second-order valence-corrected chi connectivity index (χ2v) is 7.16. The largest absolute Gasteiger partial charge is 0.496 e. The Bertz CT molecular complexity index is 1140. The number of fused-ring (bicyclic) bond motifs is 2. The van der Waals surface area contributed by atoms with E-state index in [9.17, 15) is 4.79 Å². The van der Waals surface area contributed by atoms with E-state index in [4.69, 9.17) is 38.0 Å². The van der Waals surface area contributed by atoms with Crippen LogP contribution in [0.4, 0.5) is 0 Å². The molecule has 0 N–H and O–H groups in total. The number of rotatable bonds is 10. The minimum Gasteiger partial charge on any atom is -0.496 e. The molecule has 0 atom stereocenters. The summed E-state index contributed by atoms with van der Waals surface area (Å²) < 4.78 is 38.0. The maximum Gasteiger partial charge on any atom is 0.231 e. The van der Waals surface area contributed by atoms with Gasteiger partial charge in [-0.2, -0.15) is 0 Å². The first-order valence-electron chi connectivity index (χ1n) is 10.4. The molecule has 0 aromatic heterocycles. The zero-order chi connectivity index (χ0) is 24.1. The number of benzene rings is 2. The van der Waals surface area contributed by atoms with Gasteiger partial charge in [-0.25, -0.2) is 0 Å². The van der Waals surface area contributed by atoms with E-state index in [2.05, 4.69) is 5.16 Å². The number of nitrogens with zero attached hydrogens (tertiary/aromatic N) is 1. The third-order valence-corrected chi connectivity index (χ3v) is 5.25. The normalized spacial score (nSPS) is 15.1. The number of carbonyl (C=O) groups is 1. The molecule has 0 radical (unpaired) electrons. The van der Waals surface area contributed by atoms with Crippen molar-refractivity contribution in [1.82, 2.24) is 0 Å². The van der Waals surface area contributed by atoms with E-state index < -0.39 is 0 Å². The molecular formula is C24H25NO9. The predicted octanol–water partition coefficient (Wildman–Crippen LogP) is 3.06. The van der Waals surface area contributed by atoms with E-state index in [1.807, 2.05) is 0 Å². The average Bonchev–Trinajstić information content (AvgIpc) is 3.32. The summed E-state index contributed by atoms with van der Waals surface area (Å²) in [5.41, 5.74) is 2.44. The van der Waals surface area contributed by atoms with Crippen LogP contribution >= 0.6 is 0 Å². The number of methoxy groups -OCH3 is 3. The topological polar surface area (TPSA) is 103 Å². The number of allylic oxidation sites excluding steroid dienone is 2. The standard InChI is InChI=1S/C24H25NO9/c1-27-5-6-31-12-32-21-8-14-17(10-20(21)29-3)24(25-30-4)16(7-18(14)26)15-9-22-23(34-13-33-22)11-19(15)28-2/h7-11H,5-6,12-13H2,1-4H3/b25-24-. The fourth-order valence-corrected chi connectivity index (χ4v) is 3.66. The Kier molecular flexibility index (Phi) is 7.19. The zero-order valence-electron chi connectivity index (χ0n) is 19.3. The summed E-state index contributed by atoms with van der Waals surface area (Å²) in [5.74, 6) is 2.13. The minimum absolute atomic E-state index is 0.0266. The molecule has 2 aromatic rings. The van der Waals surface area contributed by atoms with Crippen LogP contribution in [-0.2, 0) is 14.3 Å². The summed E-state index contributed by atoms with van der Waals surface area (Å²) in [6.07, 6.45) is 1.48. The fraction of sp³-hybridized carbons (Fsp3) is 0.333. The summed E-state index contributed by atoms with van der Waals surface area (Å²) in [6.45, 7) is 0.895. The van der Waals surface area contributed by atoms with Gasteiger partial charge >= 0.3 is 0 Å². The van der Waals surface area contributed by atoms with Crippen molar-refractivity contribution in [3.63, 3.8) is 0 Å². The molecule has 0 fully saturated rings. The lowest BCUT2D eigenvalue weighted by Gasteiger charge is -2.22. The summed E-state index contributed by atoms with van der Waals surface area (Å²) >= 11 is 0. The van der Waals surface area contributed by atoms with Crippen LogP contribution in [0.1, 0.15) is 21.5 Å². The molecule has 1 aliphatic carbocycles. The lowest BCUT2D eigenvalue weighted by Crippen LogP contribution is -2.19. The van der Waals surface area contributed by atoms with E-state index in [0.717, 1.165) is 0 Å². The maximum absolute atomic E-state index is 13.2. The van der Waals surface area contributed by atoms with Crippen molar-refractivity contribution < 1.29 is 42.8 Å². The van der Waals surface area contributed by atoms with Crippen LogP contribution in [0, 0.1) is 0 Å². The number of oxime groups is 1. The van der Waals surface area contributed by atoms with Crippen LogP contribution < -0.4 is 23.7 Å². The molecular weight excluding hydrogens is 446 g/mol. The highest BCUT2D eigenvalue weighted by Crippen LogP contribution is 2.44. The van der Waals surface area contributed by atoms with Gasteiger partial charge in [-0.15, -0.1) is 0 Å². The highest BCUT2D eigenvalue weighted by molar-refractivity contribution is 6.41. The zero-order valence-corrected chi connectivity index (χ0v) is 19.3. The Morgan fingerprint density at radius 3 is 2.29 bits per heavy atom. The number of hydrogen-bond donors (Lipinski definition) is 0. The van der Waals surface area contributed by atoms with E-state index in [0.29, 0.717) is 69.9 Å². The molecule has 10 heteroatoms. The van der Waals surface area contributed by atoms with Crippen LogP contribution in [0.2, 0.25) is 0 Å². The van der Waals surface area contributed by atoms with Gasteiger partial charge in [0.05, 0.1) is 27.4 Å². The van der Waals surface area contributed by atoms with Gasteiger partial charge in [0.25, 0.3) is 0 Å². The first-order chi connectivity index (χ1) is 16.6. The molecule has 0 saturated carbocycles. The number of carbonyl (C=O) groups excluding carboxylic acids is 1. The fourth-order valence-electron chi connectivity index (χ4n) is 3.66. The van der Waals surface area contributed by atoms with E-state index in [1.165, 1.54) is 27.4 Å². The molecule has 0 spiro atoms. The van der Waals surface area contributed by atoms with Gasteiger partial charge in [-0.05, 0) is 24.3 Å². The van der Waals surface area contributed by atoms with Gasteiger partial charge in [0.2, 0.25) is 6.79 Å². The van der Waals surface area contributed by atoms with Crippen molar-refractivity contribution in [3.8, 4) is 28.7 Å². The van der Waals surface area contributed by atoms with Gasteiger partial charge in [-0.1, -0.05) is 5.16 Å². The van der Waals surface area contributed by atoms with E-state index in [1.54, 1.807) is 31.4 Å². The molecule has 1 aliphatic heterocycles. The van der Waals surface area contributed by atoms with Gasteiger partial charge < -0.3 is 38.0 Å². The number of ketones is 1. The summed E-state index contributed by atoms with van der Waals surface area (Å²) in [5, 5.41) is 4.22. The molecule has 0 amide bonds. The van der Waals surface area contributed by atoms with Crippen molar-refractivity contribution in [2.24, 2.45) is 5.16 Å². The van der Waals surface area contributed by atoms with E-state index in [-0.39, 0.29) is 19.4 Å². The predicted molar refractivity (Wildman–Crippen MR) is 121 cm³/mol. The second kappa shape index (κ2) is 10.4. The van der Waals surface area contributed by atoms with Crippen LogP contribution in [0.5, 0.6) is 28.7 Å². The Morgan fingerprint density at radius 2 is 1.59 bits per heavy atom. The summed E-state index contributed by atoms with van der Waals surface area (Å²) in [4.78, 5) is 18.3. The Labute approximate surface area is 196 Å². The van der Waals surface area contributed by atoms with Crippen LogP contribution in [0.15, 0.2) is 35.5 Å². The molecule has 0 saturated heterocycles. The molecule has 0 bridgehead atoms. The van der Waals surface area contributed by atoms with Gasteiger partial charge in [0.15, 0.2) is 35.6 Å². The molecule has 2 aromatic carbocycles. The molecule has 34 heavy (non-hydrogen) atoms. The molecule has 0 unspecified atom stereocenters. The van der Waals surface area contributed by atoms with Crippen molar-refractivity contribution in [3.05, 3.63) is 47.0 Å². The molecule has 4 rings (SSSR count). The van der Waals surface area contributed by atoms with Gasteiger partial charge in [0, 0.05) is 35.4 Å². The highest BCUT2D eigenvalue weighted by atomic mass is 16.7. The molecule has 1 heterocycles. The number of ether oxygens (including phenoxy) is 7. The maximum atomic E-state index is 13.2. The van der Waals surface area contributed by atoms with E-state index >= 15 is 0 Å². The van der Waals surface area contributed by atoms with Crippen molar-refractivity contribution >= 4 is 17.1 Å². The average molecular weight is 471 g/mol. The molecule has 10 nitrogen and oxygen atoms in total. The van der Waals surface area contributed by atoms with Crippen LogP contribution in [0.3, 0.4) is 0 Å². The molecule has 2 aliphatic rings. The summed E-state index contributed by atoms with van der Waals surface area (Å²) in [7, 11) is 6.07. The second-order valence-electron chi connectivity index (χ2n) is 7.16. The smallest absolute Gasteiger partial charge is 0.231 e. The SMILES string of the molecule is COCCOCOc1cc2c(cc1OC)/C(=N\OC)C(c1cc3c(cc1OC)OCO3)=CC2=O. The Morgan fingerprint density at radius 1 is 0.853 bits per heavy atom. The van der Waals surface area contributed by atoms with Crippen molar-refractivity contribution in [1.29, 1.82) is 0 Å².